The maximum atomic E-state index is 13.1. The van der Waals surface area contributed by atoms with E-state index in [0.717, 1.165) is 5.69 Å². The van der Waals surface area contributed by atoms with Crippen LogP contribution in [0.15, 0.2) is 35.7 Å². The van der Waals surface area contributed by atoms with E-state index in [9.17, 15) is 13.5 Å². The molecule has 0 amide bonds. The molecule has 1 aromatic rings. The fourth-order valence-corrected chi connectivity index (χ4v) is 7.03. The second kappa shape index (κ2) is 8.47. The Labute approximate surface area is 176 Å². The van der Waals surface area contributed by atoms with Gasteiger partial charge < -0.3 is 19.5 Å². The Bertz CT molecular complexity index is 831. The topological polar surface area (TPSA) is 79.3 Å². The Morgan fingerprint density at radius 1 is 1.28 bits per heavy atom. The molecule has 3 aliphatic heterocycles. The van der Waals surface area contributed by atoms with Gasteiger partial charge in [-0.25, -0.2) is 8.42 Å². The summed E-state index contributed by atoms with van der Waals surface area (Å²) in [5.41, 5.74) is 1.01. The van der Waals surface area contributed by atoms with Gasteiger partial charge in [0.05, 0.1) is 32.5 Å². The van der Waals surface area contributed by atoms with Crippen molar-refractivity contribution in [1.82, 2.24) is 4.31 Å². The number of piperazine rings is 1. The molecular weight excluding hydrogens is 412 g/mol. The predicted octanol–water partition coefficient (Wildman–Crippen LogP) is 2.24. The van der Waals surface area contributed by atoms with Crippen LogP contribution >= 0.6 is 11.8 Å². The first-order valence-corrected chi connectivity index (χ1v) is 12.3. The SMILES string of the molecule is CC1(COC[C@H]2CN(S(=O)(=O)C3CC=CS3)CCN2c2ccc(O)cc2)COC1. The third kappa shape index (κ3) is 4.59. The van der Waals surface area contributed by atoms with Crippen molar-refractivity contribution in [3.05, 3.63) is 35.7 Å². The summed E-state index contributed by atoms with van der Waals surface area (Å²) in [6.07, 6.45) is 2.48. The quantitative estimate of drug-likeness (QED) is 0.697. The van der Waals surface area contributed by atoms with Gasteiger partial charge in [0.1, 0.15) is 10.3 Å². The number of nitrogens with zero attached hydrogens (tertiary/aromatic N) is 2. The third-order valence-corrected chi connectivity index (χ3v) is 9.45. The van der Waals surface area contributed by atoms with Crippen molar-refractivity contribution < 1.29 is 23.0 Å². The van der Waals surface area contributed by atoms with Crippen molar-refractivity contribution in [2.75, 3.05) is 51.0 Å². The van der Waals surface area contributed by atoms with Crippen molar-refractivity contribution in [1.29, 1.82) is 0 Å². The van der Waals surface area contributed by atoms with E-state index >= 15 is 0 Å². The van der Waals surface area contributed by atoms with Gasteiger partial charge in [-0.15, -0.1) is 11.8 Å². The highest BCUT2D eigenvalue weighted by molar-refractivity contribution is 8.14. The second-order valence-electron chi connectivity index (χ2n) is 8.26. The van der Waals surface area contributed by atoms with Crippen LogP contribution in [0.5, 0.6) is 5.75 Å². The van der Waals surface area contributed by atoms with Crippen molar-refractivity contribution >= 4 is 27.5 Å². The number of phenolic OH excluding ortho intramolecular Hbond substituents is 1. The van der Waals surface area contributed by atoms with Gasteiger partial charge in [0.15, 0.2) is 0 Å². The van der Waals surface area contributed by atoms with Gasteiger partial charge in [0, 0.05) is 30.7 Å². The monoisotopic (exact) mass is 440 g/mol. The normalized spacial score (nSPS) is 27.1. The Morgan fingerprint density at radius 2 is 2.03 bits per heavy atom. The number of thioether (sulfide) groups is 1. The van der Waals surface area contributed by atoms with Crippen LogP contribution in [0.1, 0.15) is 13.3 Å². The molecule has 9 heteroatoms. The van der Waals surface area contributed by atoms with Crippen LogP contribution in [-0.4, -0.2) is 74.5 Å². The maximum Gasteiger partial charge on any atom is 0.227 e. The molecule has 0 aromatic heterocycles. The van der Waals surface area contributed by atoms with Gasteiger partial charge in [-0.05, 0) is 36.1 Å². The highest BCUT2D eigenvalue weighted by Crippen LogP contribution is 2.33. The fraction of sp³-hybridized carbons (Fsp3) is 0.600. The first-order chi connectivity index (χ1) is 13.9. The van der Waals surface area contributed by atoms with Gasteiger partial charge in [0.2, 0.25) is 10.0 Å². The fourth-order valence-electron chi connectivity index (χ4n) is 3.88. The molecule has 4 rings (SSSR count). The van der Waals surface area contributed by atoms with Crippen molar-refractivity contribution in [2.24, 2.45) is 5.41 Å². The Kier molecular flexibility index (Phi) is 6.13. The number of allylic oxidation sites excluding steroid dienone is 1. The third-order valence-electron chi connectivity index (χ3n) is 5.64. The van der Waals surface area contributed by atoms with E-state index in [0.29, 0.717) is 52.5 Å². The Balaban J connectivity index is 1.47. The zero-order chi connectivity index (χ0) is 20.5. The number of benzene rings is 1. The Morgan fingerprint density at radius 3 is 2.66 bits per heavy atom. The van der Waals surface area contributed by atoms with E-state index in [1.54, 1.807) is 16.4 Å². The molecule has 1 unspecified atom stereocenters. The lowest BCUT2D eigenvalue weighted by Crippen LogP contribution is -2.58. The standard InChI is InChI=1S/C20H28N2O5S2/c1-20(14-27-15-20)13-26-12-17-11-21(29(24,25)19-3-2-10-28-19)8-9-22(17)16-4-6-18(23)7-5-16/h2,4-7,10,17,19,23H,3,8-9,11-15H2,1H3/t17-,19?/m1/s1. The van der Waals surface area contributed by atoms with Crippen molar-refractivity contribution in [2.45, 2.75) is 24.0 Å². The van der Waals surface area contributed by atoms with E-state index in [1.807, 2.05) is 23.6 Å². The molecule has 0 saturated carbocycles. The lowest BCUT2D eigenvalue weighted by Gasteiger charge is -2.43. The molecule has 3 aliphatic rings. The number of phenols is 1. The van der Waals surface area contributed by atoms with E-state index in [2.05, 4.69) is 11.8 Å². The van der Waals surface area contributed by atoms with Gasteiger partial charge in [-0.3, -0.25) is 0 Å². The Hall–Kier alpha value is -1.26. The molecule has 1 N–H and O–H groups in total. The minimum atomic E-state index is -3.36. The molecule has 29 heavy (non-hydrogen) atoms. The number of sulfonamides is 1. The van der Waals surface area contributed by atoms with Gasteiger partial charge in [-0.2, -0.15) is 4.31 Å². The number of rotatable bonds is 7. The van der Waals surface area contributed by atoms with Crippen molar-refractivity contribution in [3.63, 3.8) is 0 Å². The summed E-state index contributed by atoms with van der Waals surface area (Å²) in [4.78, 5) is 2.19. The first kappa shape index (κ1) is 21.0. The lowest BCUT2D eigenvalue weighted by atomic mass is 9.90. The minimum absolute atomic E-state index is 0.0515. The number of aromatic hydroxyl groups is 1. The number of anilines is 1. The van der Waals surface area contributed by atoms with E-state index in [1.165, 1.54) is 11.8 Å². The highest BCUT2D eigenvalue weighted by Gasteiger charge is 2.39. The summed E-state index contributed by atoms with van der Waals surface area (Å²) in [5.74, 6) is 0.214. The van der Waals surface area contributed by atoms with Crippen molar-refractivity contribution in [3.8, 4) is 5.75 Å². The first-order valence-electron chi connectivity index (χ1n) is 9.88. The van der Waals surface area contributed by atoms with Crippen LogP contribution in [0, 0.1) is 5.41 Å². The van der Waals surface area contributed by atoms with Crippen LogP contribution in [0.2, 0.25) is 0 Å². The molecule has 0 spiro atoms. The van der Waals surface area contributed by atoms with Crippen LogP contribution in [0.3, 0.4) is 0 Å². The summed E-state index contributed by atoms with van der Waals surface area (Å²) in [5, 5.41) is 11.5. The minimum Gasteiger partial charge on any atom is -0.508 e. The molecule has 2 fully saturated rings. The molecule has 0 aliphatic carbocycles. The molecule has 0 radical (unpaired) electrons. The average Bonchev–Trinajstić information content (AvgIpc) is 3.23. The largest absolute Gasteiger partial charge is 0.508 e. The summed E-state index contributed by atoms with van der Waals surface area (Å²) in [6, 6.07) is 6.95. The molecule has 0 bridgehead atoms. The van der Waals surface area contributed by atoms with Crippen LogP contribution < -0.4 is 4.90 Å². The van der Waals surface area contributed by atoms with Gasteiger partial charge in [-0.1, -0.05) is 13.0 Å². The van der Waals surface area contributed by atoms with Crippen LogP contribution in [0.4, 0.5) is 5.69 Å². The summed E-state index contributed by atoms with van der Waals surface area (Å²) >= 11 is 1.38. The van der Waals surface area contributed by atoms with E-state index < -0.39 is 14.6 Å². The molecule has 2 atom stereocenters. The molecule has 7 nitrogen and oxygen atoms in total. The average molecular weight is 441 g/mol. The van der Waals surface area contributed by atoms with Crippen LogP contribution in [-0.2, 0) is 19.5 Å². The summed E-state index contributed by atoms with van der Waals surface area (Å²) in [7, 11) is -3.36. The number of hydrogen-bond acceptors (Lipinski definition) is 7. The number of hydrogen-bond donors (Lipinski definition) is 1. The highest BCUT2D eigenvalue weighted by atomic mass is 32.3. The smallest absolute Gasteiger partial charge is 0.227 e. The maximum absolute atomic E-state index is 13.1. The zero-order valence-electron chi connectivity index (χ0n) is 16.6. The van der Waals surface area contributed by atoms with Gasteiger partial charge >= 0.3 is 0 Å². The zero-order valence-corrected chi connectivity index (χ0v) is 18.2. The summed E-state index contributed by atoms with van der Waals surface area (Å²) in [6.45, 7) is 6.01. The molecule has 2 saturated heterocycles. The molecule has 3 heterocycles. The van der Waals surface area contributed by atoms with E-state index in [4.69, 9.17) is 9.47 Å². The molecule has 1 aromatic carbocycles. The van der Waals surface area contributed by atoms with Crippen LogP contribution in [0.25, 0.3) is 0 Å². The number of ether oxygens (including phenoxy) is 2. The van der Waals surface area contributed by atoms with Gasteiger partial charge in [0.25, 0.3) is 0 Å². The predicted molar refractivity (Wildman–Crippen MR) is 115 cm³/mol. The molecule has 160 valence electrons. The summed E-state index contributed by atoms with van der Waals surface area (Å²) < 4.78 is 38.7. The molecular formula is C20H28N2O5S2. The second-order valence-corrected chi connectivity index (χ2v) is 11.8. The van der Waals surface area contributed by atoms with E-state index in [-0.39, 0.29) is 17.2 Å². The lowest BCUT2D eigenvalue weighted by molar-refractivity contribution is -0.139.